The molecule has 0 aliphatic heterocycles. The third-order valence-corrected chi connectivity index (χ3v) is 2.27. The van der Waals surface area contributed by atoms with Gasteiger partial charge in [0.15, 0.2) is 5.82 Å². The van der Waals surface area contributed by atoms with E-state index in [1.807, 2.05) is 0 Å². The first-order valence-corrected chi connectivity index (χ1v) is 4.72. The predicted molar refractivity (Wildman–Crippen MR) is 56.5 cm³/mol. The number of hydrogen-bond acceptors (Lipinski definition) is 2. The molecule has 3 nitrogen and oxygen atoms in total. The third kappa shape index (κ3) is 2.13. The van der Waals surface area contributed by atoms with Crippen molar-refractivity contribution in [3.63, 3.8) is 0 Å². The first-order valence-electron chi connectivity index (χ1n) is 4.72. The van der Waals surface area contributed by atoms with Crippen molar-refractivity contribution in [3.8, 4) is 11.1 Å². The minimum atomic E-state index is -1.38. The predicted octanol–water partition coefficient (Wildman–Crippen LogP) is 2.73. The molecule has 2 aromatic rings. The van der Waals surface area contributed by atoms with E-state index in [0.29, 0.717) is 5.56 Å². The summed E-state index contributed by atoms with van der Waals surface area (Å²) in [7, 11) is 0. The van der Waals surface area contributed by atoms with Gasteiger partial charge in [-0.05, 0) is 17.7 Å². The van der Waals surface area contributed by atoms with Crippen molar-refractivity contribution >= 4 is 5.97 Å². The van der Waals surface area contributed by atoms with Crippen LogP contribution in [0.25, 0.3) is 11.1 Å². The molecule has 86 valence electrons. The van der Waals surface area contributed by atoms with Crippen LogP contribution in [-0.2, 0) is 0 Å². The molecule has 2 rings (SSSR count). The van der Waals surface area contributed by atoms with Gasteiger partial charge >= 0.3 is 5.97 Å². The molecule has 0 aliphatic rings. The first kappa shape index (κ1) is 11.2. The fourth-order valence-corrected chi connectivity index (χ4v) is 1.50. The highest BCUT2D eigenvalue weighted by molar-refractivity contribution is 5.95. The SMILES string of the molecule is O=C(O)c1c(F)cncc1-c1ccc(F)cc1. The largest absolute Gasteiger partial charge is 0.478 e. The van der Waals surface area contributed by atoms with Gasteiger partial charge in [-0.25, -0.2) is 13.6 Å². The van der Waals surface area contributed by atoms with Gasteiger partial charge in [0.2, 0.25) is 0 Å². The summed E-state index contributed by atoms with van der Waals surface area (Å²) in [6, 6.07) is 5.09. The Hall–Kier alpha value is -2.30. The molecule has 0 amide bonds. The Morgan fingerprint density at radius 1 is 1.12 bits per heavy atom. The summed E-state index contributed by atoms with van der Waals surface area (Å²) in [4.78, 5) is 14.5. The average Bonchev–Trinajstić information content (AvgIpc) is 2.29. The fourth-order valence-electron chi connectivity index (χ4n) is 1.50. The maximum Gasteiger partial charge on any atom is 0.339 e. The van der Waals surface area contributed by atoms with Crippen LogP contribution in [0.15, 0.2) is 36.7 Å². The average molecular weight is 235 g/mol. The van der Waals surface area contributed by atoms with Crippen molar-refractivity contribution in [1.29, 1.82) is 0 Å². The zero-order valence-corrected chi connectivity index (χ0v) is 8.52. The molecule has 0 atom stereocenters. The second kappa shape index (κ2) is 4.29. The highest BCUT2D eigenvalue weighted by Gasteiger charge is 2.17. The zero-order valence-electron chi connectivity index (χ0n) is 8.52. The monoisotopic (exact) mass is 235 g/mol. The Bertz CT molecular complexity index is 567. The molecule has 0 spiro atoms. The molecule has 0 unspecified atom stereocenters. The summed E-state index contributed by atoms with van der Waals surface area (Å²) in [6.45, 7) is 0. The summed E-state index contributed by atoms with van der Waals surface area (Å²) < 4.78 is 26.1. The van der Waals surface area contributed by atoms with E-state index in [-0.39, 0.29) is 5.56 Å². The normalized spacial score (nSPS) is 10.2. The number of carboxylic acid groups (broad SMARTS) is 1. The topological polar surface area (TPSA) is 50.2 Å². The lowest BCUT2D eigenvalue weighted by Gasteiger charge is -2.06. The van der Waals surface area contributed by atoms with Gasteiger partial charge in [-0.2, -0.15) is 0 Å². The molecule has 17 heavy (non-hydrogen) atoms. The molecular weight excluding hydrogens is 228 g/mol. The van der Waals surface area contributed by atoms with Crippen LogP contribution in [0.5, 0.6) is 0 Å². The molecule has 0 bridgehead atoms. The van der Waals surface area contributed by atoms with Crippen molar-refractivity contribution in [3.05, 3.63) is 53.9 Å². The Morgan fingerprint density at radius 2 is 1.76 bits per heavy atom. The van der Waals surface area contributed by atoms with Gasteiger partial charge in [0.05, 0.1) is 6.20 Å². The number of benzene rings is 1. The van der Waals surface area contributed by atoms with Gasteiger partial charge in [0.25, 0.3) is 0 Å². The maximum atomic E-state index is 13.3. The smallest absolute Gasteiger partial charge is 0.339 e. The van der Waals surface area contributed by atoms with Crippen LogP contribution < -0.4 is 0 Å². The third-order valence-electron chi connectivity index (χ3n) is 2.27. The highest BCUT2D eigenvalue weighted by Crippen LogP contribution is 2.24. The van der Waals surface area contributed by atoms with Crippen LogP contribution in [0.4, 0.5) is 8.78 Å². The van der Waals surface area contributed by atoms with E-state index < -0.39 is 23.2 Å². The number of carboxylic acids is 1. The second-order valence-corrected chi connectivity index (χ2v) is 3.36. The van der Waals surface area contributed by atoms with E-state index >= 15 is 0 Å². The number of nitrogens with zero attached hydrogens (tertiary/aromatic N) is 1. The Balaban J connectivity index is 2.63. The summed E-state index contributed by atoms with van der Waals surface area (Å²) in [5.41, 5.74) is 0.0555. The number of hydrogen-bond donors (Lipinski definition) is 1. The second-order valence-electron chi connectivity index (χ2n) is 3.36. The van der Waals surface area contributed by atoms with Crippen LogP contribution in [0.3, 0.4) is 0 Å². The number of rotatable bonds is 2. The number of pyridine rings is 1. The van der Waals surface area contributed by atoms with Gasteiger partial charge in [0, 0.05) is 11.8 Å². The van der Waals surface area contributed by atoms with Gasteiger partial charge in [0.1, 0.15) is 11.4 Å². The molecule has 1 aromatic carbocycles. The van der Waals surface area contributed by atoms with Gasteiger partial charge in [-0.15, -0.1) is 0 Å². The molecule has 0 saturated heterocycles. The quantitative estimate of drug-likeness (QED) is 0.870. The van der Waals surface area contributed by atoms with Crippen LogP contribution in [0.2, 0.25) is 0 Å². The van der Waals surface area contributed by atoms with Crippen LogP contribution in [-0.4, -0.2) is 16.1 Å². The molecule has 1 N–H and O–H groups in total. The standard InChI is InChI=1S/C12H7F2NO2/c13-8-3-1-7(2-4-8)9-5-15-6-10(14)11(9)12(16)17/h1-6H,(H,16,17). The zero-order chi connectivity index (χ0) is 12.4. The van der Waals surface area contributed by atoms with E-state index in [9.17, 15) is 13.6 Å². The lowest BCUT2D eigenvalue weighted by molar-refractivity contribution is 0.0692. The molecular formula is C12H7F2NO2. The molecule has 0 fully saturated rings. The van der Waals surface area contributed by atoms with Crippen molar-refractivity contribution in [1.82, 2.24) is 4.98 Å². The van der Waals surface area contributed by atoms with Crippen LogP contribution in [0, 0.1) is 11.6 Å². The van der Waals surface area contributed by atoms with E-state index in [2.05, 4.69) is 4.98 Å². The van der Waals surface area contributed by atoms with E-state index in [1.165, 1.54) is 30.5 Å². The molecule has 1 heterocycles. The maximum absolute atomic E-state index is 13.3. The Labute approximate surface area is 95.4 Å². The Morgan fingerprint density at radius 3 is 2.35 bits per heavy atom. The fraction of sp³-hybridized carbons (Fsp3) is 0. The molecule has 1 aromatic heterocycles. The van der Waals surface area contributed by atoms with Crippen molar-refractivity contribution < 1.29 is 18.7 Å². The summed E-state index contributed by atoms with van der Waals surface area (Å²) in [6.07, 6.45) is 2.07. The first-order chi connectivity index (χ1) is 8.09. The van der Waals surface area contributed by atoms with E-state index in [4.69, 9.17) is 5.11 Å². The lowest BCUT2D eigenvalue weighted by atomic mass is 10.0. The molecule has 0 saturated carbocycles. The van der Waals surface area contributed by atoms with Gasteiger partial charge in [-0.3, -0.25) is 4.98 Å². The minimum Gasteiger partial charge on any atom is -0.478 e. The summed E-state index contributed by atoms with van der Waals surface area (Å²) >= 11 is 0. The number of carbonyl (C=O) groups is 1. The van der Waals surface area contributed by atoms with Crippen molar-refractivity contribution in [2.75, 3.05) is 0 Å². The van der Waals surface area contributed by atoms with Crippen molar-refractivity contribution in [2.45, 2.75) is 0 Å². The Kier molecular flexibility index (Phi) is 2.82. The minimum absolute atomic E-state index is 0.123. The lowest BCUT2D eigenvalue weighted by Crippen LogP contribution is -2.04. The number of halogens is 2. The molecule has 0 aliphatic carbocycles. The number of aromatic nitrogens is 1. The number of aromatic carboxylic acids is 1. The summed E-state index contributed by atoms with van der Waals surface area (Å²) in [5, 5.41) is 8.92. The van der Waals surface area contributed by atoms with E-state index in [1.54, 1.807) is 0 Å². The molecule has 5 heteroatoms. The van der Waals surface area contributed by atoms with Crippen LogP contribution >= 0.6 is 0 Å². The van der Waals surface area contributed by atoms with Gasteiger partial charge in [-0.1, -0.05) is 12.1 Å². The van der Waals surface area contributed by atoms with E-state index in [0.717, 1.165) is 6.20 Å². The summed E-state index contributed by atoms with van der Waals surface area (Å²) in [5.74, 6) is -2.75. The highest BCUT2D eigenvalue weighted by atomic mass is 19.1. The van der Waals surface area contributed by atoms with Gasteiger partial charge < -0.3 is 5.11 Å². The van der Waals surface area contributed by atoms with Crippen LogP contribution in [0.1, 0.15) is 10.4 Å². The van der Waals surface area contributed by atoms with Crippen molar-refractivity contribution in [2.24, 2.45) is 0 Å². The molecule has 0 radical (unpaired) electrons.